The van der Waals surface area contributed by atoms with Gasteiger partial charge in [-0.15, -0.1) is 0 Å². The van der Waals surface area contributed by atoms with E-state index in [4.69, 9.17) is 0 Å². The Morgan fingerprint density at radius 3 is 0.590 bits per heavy atom. The lowest BCUT2D eigenvalue weighted by atomic mass is 9.84. The van der Waals surface area contributed by atoms with E-state index < -0.39 is 0 Å². The van der Waals surface area contributed by atoms with Gasteiger partial charge in [0.15, 0.2) is 0 Å². The van der Waals surface area contributed by atoms with Gasteiger partial charge in [-0.2, -0.15) is 0 Å². The Balaban J connectivity index is 1.14. The maximum absolute atomic E-state index is 2.42. The van der Waals surface area contributed by atoms with Crippen molar-refractivity contribution in [3.63, 3.8) is 0 Å². The Labute approximate surface area is 456 Å². The molecule has 13 aromatic carbocycles. The minimum atomic E-state index is 1.07. The summed E-state index contributed by atoms with van der Waals surface area (Å²) < 4.78 is 0. The van der Waals surface area contributed by atoms with Crippen LogP contribution >= 0.6 is 0 Å². The molecule has 0 aliphatic heterocycles. The monoisotopic (exact) mass is 998 g/mol. The molecule has 13 aromatic rings. The van der Waals surface area contributed by atoms with Gasteiger partial charge in [-0.25, -0.2) is 0 Å². The predicted molar refractivity (Wildman–Crippen MR) is 331 cm³/mol. The third-order valence-corrected chi connectivity index (χ3v) is 14.5. The van der Waals surface area contributed by atoms with Crippen molar-refractivity contribution < 1.29 is 0 Å². The van der Waals surface area contributed by atoms with E-state index >= 15 is 0 Å². The number of anilines is 12. The molecule has 4 heteroatoms. The van der Waals surface area contributed by atoms with Crippen molar-refractivity contribution in [3.05, 3.63) is 328 Å². The van der Waals surface area contributed by atoms with Crippen LogP contribution in [0.15, 0.2) is 328 Å². The summed E-state index contributed by atoms with van der Waals surface area (Å²) in [5.41, 5.74) is 17.4. The van der Waals surface area contributed by atoms with Crippen molar-refractivity contribution in [1.82, 2.24) is 0 Å². The fourth-order valence-electron chi connectivity index (χ4n) is 11.2. The van der Waals surface area contributed by atoms with Crippen LogP contribution in [-0.4, -0.2) is 0 Å². The molecule has 0 N–H and O–H groups in total. The number of hydrogen-bond acceptors (Lipinski definition) is 4. The van der Waals surface area contributed by atoms with Crippen LogP contribution in [0.3, 0.4) is 0 Å². The summed E-state index contributed by atoms with van der Waals surface area (Å²) in [5.74, 6) is 0. The summed E-state index contributed by atoms with van der Waals surface area (Å²) >= 11 is 0. The quantitative estimate of drug-likeness (QED) is 0.101. The van der Waals surface area contributed by atoms with E-state index in [2.05, 4.69) is 347 Å². The van der Waals surface area contributed by atoms with Gasteiger partial charge in [0.2, 0.25) is 0 Å². The van der Waals surface area contributed by atoms with Crippen LogP contribution in [0.25, 0.3) is 43.8 Å². The maximum atomic E-state index is 2.42. The molecule has 78 heavy (non-hydrogen) atoms. The molecular formula is C74H54N4. The molecule has 0 bridgehead atoms. The molecule has 13 rings (SSSR count). The van der Waals surface area contributed by atoms with Crippen molar-refractivity contribution >= 4 is 89.8 Å². The molecule has 0 heterocycles. The van der Waals surface area contributed by atoms with Gasteiger partial charge in [-0.1, -0.05) is 194 Å². The molecule has 0 spiro atoms. The van der Waals surface area contributed by atoms with Gasteiger partial charge < -0.3 is 19.6 Å². The maximum Gasteiger partial charge on any atom is 0.0546 e. The number of fused-ring (bicyclic) bond motifs is 2. The van der Waals surface area contributed by atoms with Gasteiger partial charge in [0.05, 0.1) is 11.4 Å². The first-order valence-electron chi connectivity index (χ1n) is 26.6. The lowest BCUT2D eigenvalue weighted by Crippen LogP contribution is -2.12. The molecular weight excluding hydrogens is 945 g/mol. The summed E-state index contributed by atoms with van der Waals surface area (Å²) in [6.45, 7) is 0. The van der Waals surface area contributed by atoms with Crippen LogP contribution in [0.2, 0.25) is 0 Å². The van der Waals surface area contributed by atoms with E-state index in [0.717, 1.165) is 112 Å². The second-order valence-electron chi connectivity index (χ2n) is 19.3. The molecule has 0 atom stereocenters. The number of hydrogen-bond donors (Lipinski definition) is 0. The largest absolute Gasteiger partial charge is 0.311 e. The number of benzene rings is 13. The number of nitrogens with zero attached hydrogens (tertiary/aromatic N) is 4. The molecule has 0 saturated heterocycles. The average Bonchev–Trinajstić information content (AvgIpc) is 3.64. The van der Waals surface area contributed by atoms with Gasteiger partial charge in [-0.3, -0.25) is 0 Å². The van der Waals surface area contributed by atoms with Crippen molar-refractivity contribution in [2.24, 2.45) is 0 Å². The molecule has 0 aliphatic rings. The van der Waals surface area contributed by atoms with E-state index in [1.54, 1.807) is 0 Å². The molecule has 0 aromatic heterocycles. The SMILES string of the molecule is c1ccc(N(c2ccccc2)c2ccc(-c3c4cccc(N(c5ccccc5)c5ccccc5)c4c(-c4ccc(N(c5ccccc5)c5ccccc5)cc4)c4cccc(N(c5ccccc5)c5ccccc5)c34)cc2)cc1. The summed E-state index contributed by atoms with van der Waals surface area (Å²) in [6.07, 6.45) is 0. The van der Waals surface area contributed by atoms with Crippen molar-refractivity contribution in [2.75, 3.05) is 19.6 Å². The molecule has 370 valence electrons. The Kier molecular flexibility index (Phi) is 13.0. The summed E-state index contributed by atoms with van der Waals surface area (Å²) in [6, 6.07) is 118. The molecule has 0 fully saturated rings. The first-order valence-corrected chi connectivity index (χ1v) is 26.6. The molecule has 4 nitrogen and oxygen atoms in total. The van der Waals surface area contributed by atoms with Crippen molar-refractivity contribution in [3.8, 4) is 22.3 Å². The Morgan fingerprint density at radius 1 is 0.154 bits per heavy atom. The minimum Gasteiger partial charge on any atom is -0.311 e. The van der Waals surface area contributed by atoms with Gasteiger partial charge >= 0.3 is 0 Å². The Morgan fingerprint density at radius 2 is 0.359 bits per heavy atom. The highest BCUT2D eigenvalue weighted by molar-refractivity contribution is 6.28. The zero-order chi connectivity index (χ0) is 52.0. The Hall–Kier alpha value is -10.4. The zero-order valence-electron chi connectivity index (χ0n) is 43.0. The first kappa shape index (κ1) is 47.3. The molecule has 0 saturated carbocycles. The molecule has 0 radical (unpaired) electrons. The van der Waals surface area contributed by atoms with Crippen LogP contribution in [0.4, 0.5) is 68.2 Å². The van der Waals surface area contributed by atoms with Crippen LogP contribution < -0.4 is 19.6 Å². The van der Waals surface area contributed by atoms with E-state index in [1.807, 2.05) is 0 Å². The van der Waals surface area contributed by atoms with Crippen molar-refractivity contribution in [2.45, 2.75) is 0 Å². The lowest BCUT2D eigenvalue weighted by Gasteiger charge is -2.31. The molecule has 0 amide bonds. The smallest absolute Gasteiger partial charge is 0.0546 e. The first-order chi connectivity index (χ1) is 38.8. The van der Waals surface area contributed by atoms with Gasteiger partial charge in [0, 0.05) is 67.6 Å². The Bertz CT molecular complexity index is 3660. The van der Waals surface area contributed by atoms with Gasteiger partial charge in [0.1, 0.15) is 0 Å². The van der Waals surface area contributed by atoms with Crippen LogP contribution in [0.5, 0.6) is 0 Å². The van der Waals surface area contributed by atoms with Gasteiger partial charge in [0.25, 0.3) is 0 Å². The van der Waals surface area contributed by atoms with E-state index in [9.17, 15) is 0 Å². The lowest BCUT2D eigenvalue weighted by molar-refractivity contribution is 1.28. The minimum absolute atomic E-state index is 1.07. The second kappa shape index (κ2) is 21.4. The van der Waals surface area contributed by atoms with Crippen LogP contribution in [-0.2, 0) is 0 Å². The van der Waals surface area contributed by atoms with Crippen molar-refractivity contribution in [1.29, 1.82) is 0 Å². The fraction of sp³-hybridized carbons (Fsp3) is 0. The highest BCUT2D eigenvalue weighted by Crippen LogP contribution is 2.54. The van der Waals surface area contributed by atoms with Crippen LogP contribution in [0.1, 0.15) is 0 Å². The highest BCUT2D eigenvalue weighted by atomic mass is 15.2. The summed E-state index contributed by atoms with van der Waals surface area (Å²) in [5, 5.41) is 4.56. The highest BCUT2D eigenvalue weighted by Gasteiger charge is 2.27. The normalized spacial score (nSPS) is 11.1. The molecule has 0 unspecified atom stereocenters. The standard InChI is InChI=1S/C74H54N4/c1-9-27-57(28-10-1)75(58-29-11-2-12-30-58)65-51-47-55(48-52-65)71-67-43-25-46-70(78(63-39-21-7-22-40-63)64-41-23-8-24-42-64)74(67)72(56-49-53-66(54-50-56)76(59-31-13-3-14-32-59)60-33-15-4-16-34-60)68-44-26-45-69(73(68)71)77(61-35-17-5-18-36-61)62-37-19-6-20-38-62/h1-54H. The summed E-state index contributed by atoms with van der Waals surface area (Å²) in [4.78, 5) is 9.51. The third kappa shape index (κ3) is 9.08. The summed E-state index contributed by atoms with van der Waals surface area (Å²) in [7, 11) is 0. The molecule has 0 aliphatic carbocycles. The van der Waals surface area contributed by atoms with E-state index in [-0.39, 0.29) is 0 Å². The van der Waals surface area contributed by atoms with E-state index in [1.165, 1.54) is 0 Å². The van der Waals surface area contributed by atoms with Crippen LogP contribution in [0, 0.1) is 0 Å². The number of para-hydroxylation sites is 8. The average molecular weight is 999 g/mol. The van der Waals surface area contributed by atoms with E-state index in [0.29, 0.717) is 0 Å². The third-order valence-electron chi connectivity index (χ3n) is 14.5. The topological polar surface area (TPSA) is 13.0 Å². The predicted octanol–water partition coefficient (Wildman–Crippen LogP) is 21.2. The number of rotatable bonds is 14. The fourth-order valence-corrected chi connectivity index (χ4v) is 11.2. The second-order valence-corrected chi connectivity index (χ2v) is 19.3. The van der Waals surface area contributed by atoms with Gasteiger partial charge in [-0.05, 0) is 166 Å². The zero-order valence-corrected chi connectivity index (χ0v) is 43.0.